The van der Waals surface area contributed by atoms with Gasteiger partial charge in [0.1, 0.15) is 11.4 Å². The minimum absolute atomic E-state index is 0.199. The van der Waals surface area contributed by atoms with Gasteiger partial charge in [-0.25, -0.2) is 4.39 Å². The van der Waals surface area contributed by atoms with Gasteiger partial charge < -0.3 is 14.0 Å². The number of nitrogens with zero attached hydrogens (tertiary/aromatic N) is 3. The van der Waals surface area contributed by atoms with Crippen molar-refractivity contribution < 1.29 is 23.2 Å². The van der Waals surface area contributed by atoms with E-state index < -0.39 is 5.60 Å². The summed E-state index contributed by atoms with van der Waals surface area (Å²) in [5, 5.41) is 4.22. The third kappa shape index (κ3) is 7.61. The minimum atomic E-state index is -0.487. The second kappa shape index (κ2) is 13.0. The molecule has 0 aliphatic carbocycles. The molecule has 1 heterocycles. The molecule has 0 fully saturated rings. The van der Waals surface area contributed by atoms with E-state index in [0.29, 0.717) is 43.4 Å². The van der Waals surface area contributed by atoms with E-state index in [1.165, 1.54) is 6.07 Å². The third-order valence-electron chi connectivity index (χ3n) is 6.33. The van der Waals surface area contributed by atoms with Crippen molar-refractivity contribution in [1.29, 1.82) is 0 Å². The van der Waals surface area contributed by atoms with Crippen molar-refractivity contribution in [3.63, 3.8) is 0 Å². The van der Waals surface area contributed by atoms with E-state index in [1.807, 2.05) is 69.3 Å². The van der Waals surface area contributed by atoms with Gasteiger partial charge in [-0.3, -0.25) is 9.69 Å². The Morgan fingerprint density at radius 3 is 2.52 bits per heavy atom. The average molecular weight is 546 g/mol. The molecule has 1 aromatic heterocycles. The van der Waals surface area contributed by atoms with E-state index in [9.17, 15) is 9.18 Å². The number of carbonyl (C=O) groups excluding carboxylic acids is 1. The van der Waals surface area contributed by atoms with E-state index in [1.54, 1.807) is 19.2 Å². The molecule has 0 unspecified atom stereocenters. The fraction of sp³-hybridized carbons (Fsp3) is 0.344. The van der Waals surface area contributed by atoms with E-state index in [2.05, 4.69) is 22.0 Å². The molecule has 4 aromatic rings. The first kappa shape index (κ1) is 29.1. The monoisotopic (exact) mass is 545 g/mol. The normalized spacial score (nSPS) is 11.7. The Morgan fingerprint density at radius 2 is 1.80 bits per heavy atom. The van der Waals surface area contributed by atoms with Crippen molar-refractivity contribution >= 4 is 5.97 Å². The van der Waals surface area contributed by atoms with Crippen LogP contribution in [0.25, 0.3) is 34.0 Å². The van der Waals surface area contributed by atoms with Crippen LogP contribution in [0.5, 0.6) is 0 Å². The molecule has 0 atom stereocenters. The first-order valence-electron chi connectivity index (χ1n) is 13.4. The second-order valence-electron chi connectivity index (χ2n) is 10.6. The van der Waals surface area contributed by atoms with Gasteiger partial charge in [0.15, 0.2) is 0 Å². The maximum Gasteiger partial charge on any atom is 0.307 e. The van der Waals surface area contributed by atoms with Crippen molar-refractivity contribution in [3.8, 4) is 34.0 Å². The molecule has 3 aromatic carbocycles. The molecule has 0 spiro atoms. The number of aromatic nitrogens is 2. The standard InChI is InChI=1S/C32H36FN3O4/c1-6-36(17-16-29(37)39-32(2,3)4)20-22-10-9-11-23(18-22)30-34-31(40-35-30)24-14-15-26(25(19-24)21-38-5)27-12-7-8-13-28(27)33/h7-15,18-19H,6,16-17,20-21H2,1-5H3. The second-order valence-corrected chi connectivity index (χ2v) is 10.6. The highest BCUT2D eigenvalue weighted by atomic mass is 19.1. The Hall–Kier alpha value is -3.88. The number of esters is 1. The lowest BCUT2D eigenvalue weighted by molar-refractivity contribution is -0.155. The quantitative estimate of drug-likeness (QED) is 0.190. The fourth-order valence-corrected chi connectivity index (χ4v) is 4.46. The first-order valence-corrected chi connectivity index (χ1v) is 13.4. The number of hydrogen-bond donors (Lipinski definition) is 0. The topological polar surface area (TPSA) is 77.7 Å². The zero-order valence-corrected chi connectivity index (χ0v) is 23.7. The summed E-state index contributed by atoms with van der Waals surface area (Å²) in [5.74, 6) is 0.346. The van der Waals surface area contributed by atoms with Crippen molar-refractivity contribution in [2.75, 3.05) is 20.2 Å². The van der Waals surface area contributed by atoms with Gasteiger partial charge in [0, 0.05) is 36.9 Å². The smallest absolute Gasteiger partial charge is 0.307 e. The summed E-state index contributed by atoms with van der Waals surface area (Å²) < 4.78 is 30.9. The predicted octanol–water partition coefficient (Wildman–Crippen LogP) is 6.91. The lowest BCUT2D eigenvalue weighted by Gasteiger charge is -2.23. The molecule has 4 rings (SSSR count). The third-order valence-corrected chi connectivity index (χ3v) is 6.33. The summed E-state index contributed by atoms with van der Waals surface area (Å²) >= 11 is 0. The van der Waals surface area contributed by atoms with Crippen LogP contribution in [-0.2, 0) is 27.4 Å². The Kier molecular flexibility index (Phi) is 9.45. The Balaban J connectivity index is 1.50. The zero-order valence-electron chi connectivity index (χ0n) is 23.7. The van der Waals surface area contributed by atoms with Crippen molar-refractivity contribution in [3.05, 3.63) is 83.7 Å². The summed E-state index contributed by atoms with van der Waals surface area (Å²) in [6.07, 6.45) is 0.333. The Bertz CT molecular complexity index is 1440. The lowest BCUT2D eigenvalue weighted by Crippen LogP contribution is -2.29. The fourth-order valence-electron chi connectivity index (χ4n) is 4.46. The summed E-state index contributed by atoms with van der Waals surface area (Å²) in [5.41, 5.74) is 4.22. The predicted molar refractivity (Wildman–Crippen MR) is 153 cm³/mol. The highest BCUT2D eigenvalue weighted by molar-refractivity contribution is 5.72. The summed E-state index contributed by atoms with van der Waals surface area (Å²) in [6.45, 7) is 10.1. The van der Waals surface area contributed by atoms with Gasteiger partial charge in [-0.15, -0.1) is 0 Å². The van der Waals surface area contributed by atoms with E-state index in [0.717, 1.165) is 34.4 Å². The van der Waals surface area contributed by atoms with Crippen LogP contribution in [0.1, 0.15) is 45.2 Å². The molecule has 210 valence electrons. The number of hydrogen-bond acceptors (Lipinski definition) is 7. The number of ether oxygens (including phenoxy) is 2. The molecule has 8 heteroatoms. The zero-order chi connectivity index (χ0) is 28.7. The van der Waals surface area contributed by atoms with Crippen LogP contribution in [0.2, 0.25) is 0 Å². The van der Waals surface area contributed by atoms with Gasteiger partial charge in [0.2, 0.25) is 5.82 Å². The van der Waals surface area contributed by atoms with Crippen LogP contribution < -0.4 is 0 Å². The van der Waals surface area contributed by atoms with E-state index in [-0.39, 0.29) is 11.8 Å². The van der Waals surface area contributed by atoms with Crippen molar-refractivity contribution in [1.82, 2.24) is 15.0 Å². The van der Waals surface area contributed by atoms with Crippen molar-refractivity contribution in [2.24, 2.45) is 0 Å². The molecule has 0 N–H and O–H groups in total. The average Bonchev–Trinajstić information content (AvgIpc) is 3.41. The minimum Gasteiger partial charge on any atom is -0.460 e. The van der Waals surface area contributed by atoms with E-state index >= 15 is 0 Å². The molecule has 0 aliphatic rings. The Morgan fingerprint density at radius 1 is 1.00 bits per heavy atom. The van der Waals surface area contributed by atoms with E-state index in [4.69, 9.17) is 14.0 Å². The van der Waals surface area contributed by atoms with Gasteiger partial charge in [0.05, 0.1) is 13.0 Å². The highest BCUT2D eigenvalue weighted by Gasteiger charge is 2.18. The van der Waals surface area contributed by atoms with Crippen molar-refractivity contribution in [2.45, 2.75) is 52.9 Å². The molecule has 0 bridgehead atoms. The maximum absolute atomic E-state index is 14.5. The number of benzene rings is 3. The van der Waals surface area contributed by atoms with Crippen LogP contribution in [0.4, 0.5) is 4.39 Å². The Labute approximate surface area is 234 Å². The molecule has 0 saturated carbocycles. The molecule has 0 amide bonds. The first-order chi connectivity index (χ1) is 19.2. The molecular formula is C32H36FN3O4. The van der Waals surface area contributed by atoms with Gasteiger partial charge in [0.25, 0.3) is 5.89 Å². The van der Waals surface area contributed by atoms with Crippen LogP contribution >= 0.6 is 0 Å². The van der Waals surface area contributed by atoms with Crippen LogP contribution in [0.3, 0.4) is 0 Å². The number of halogens is 1. The largest absolute Gasteiger partial charge is 0.460 e. The number of methoxy groups -OCH3 is 1. The highest BCUT2D eigenvalue weighted by Crippen LogP contribution is 2.31. The van der Waals surface area contributed by atoms with Gasteiger partial charge in [-0.1, -0.05) is 54.5 Å². The molecule has 7 nitrogen and oxygen atoms in total. The van der Waals surface area contributed by atoms with Crippen LogP contribution in [0.15, 0.2) is 71.3 Å². The molecule has 40 heavy (non-hydrogen) atoms. The van der Waals surface area contributed by atoms with Gasteiger partial charge in [-0.2, -0.15) is 4.98 Å². The van der Waals surface area contributed by atoms with Crippen LogP contribution in [0, 0.1) is 5.82 Å². The van der Waals surface area contributed by atoms with Gasteiger partial charge >= 0.3 is 5.97 Å². The van der Waals surface area contributed by atoms with Crippen LogP contribution in [-0.4, -0.2) is 46.8 Å². The summed E-state index contributed by atoms with van der Waals surface area (Å²) in [6, 6.07) is 20.2. The molecular weight excluding hydrogens is 509 g/mol. The maximum atomic E-state index is 14.5. The molecule has 0 aliphatic heterocycles. The summed E-state index contributed by atoms with van der Waals surface area (Å²) in [7, 11) is 1.60. The molecule has 0 radical (unpaired) electrons. The SMILES string of the molecule is CCN(CCC(=O)OC(C)(C)C)Cc1cccc(-c2noc(-c3ccc(-c4ccccc4F)c(COC)c3)n2)c1. The number of carbonyl (C=O) groups is 1. The number of rotatable bonds is 11. The summed E-state index contributed by atoms with van der Waals surface area (Å²) in [4.78, 5) is 19.0. The van der Waals surface area contributed by atoms with Gasteiger partial charge in [-0.05, 0) is 68.3 Å². The molecule has 0 saturated heterocycles. The lowest BCUT2D eigenvalue weighted by atomic mass is 9.97.